The summed E-state index contributed by atoms with van der Waals surface area (Å²) in [6, 6.07) is 19.8. The summed E-state index contributed by atoms with van der Waals surface area (Å²) in [5.74, 6) is 0.0633. The highest BCUT2D eigenvalue weighted by Crippen LogP contribution is 2.23. The Balaban J connectivity index is 1.47. The minimum atomic E-state index is -0.613. The average Bonchev–Trinajstić information content (AvgIpc) is 3.32. The number of carbonyl (C=O) groups excluding carboxylic acids is 1. The molecular weight excluding hydrogens is 502 g/mol. The summed E-state index contributed by atoms with van der Waals surface area (Å²) in [6.45, 7) is 3.58. The van der Waals surface area contributed by atoms with Gasteiger partial charge in [-0.2, -0.15) is 5.10 Å². The number of hydrogen-bond acceptors (Lipinski definition) is 6. The van der Waals surface area contributed by atoms with Crippen LogP contribution in [0.25, 0.3) is 34.4 Å². The molecule has 0 bridgehead atoms. The van der Waals surface area contributed by atoms with E-state index in [4.69, 9.17) is 4.98 Å². The van der Waals surface area contributed by atoms with E-state index in [1.165, 1.54) is 0 Å². The van der Waals surface area contributed by atoms with Crippen molar-refractivity contribution in [3.63, 3.8) is 0 Å². The van der Waals surface area contributed by atoms with E-state index >= 15 is 0 Å². The molecule has 0 aliphatic carbocycles. The molecule has 6 aromatic rings. The number of nitrogens with one attached hydrogen (secondary N) is 1. The Morgan fingerprint density at radius 2 is 1.82 bits per heavy atom. The van der Waals surface area contributed by atoms with Crippen molar-refractivity contribution in [1.82, 2.24) is 34.4 Å². The molecule has 9 nitrogen and oxygen atoms in total. The van der Waals surface area contributed by atoms with Gasteiger partial charge < -0.3 is 5.32 Å². The molecule has 1 N–H and O–H groups in total. The van der Waals surface area contributed by atoms with Crippen LogP contribution in [0.2, 0.25) is 0 Å². The van der Waals surface area contributed by atoms with Gasteiger partial charge in [0, 0.05) is 24.8 Å². The average molecular weight is 528 g/mol. The summed E-state index contributed by atoms with van der Waals surface area (Å²) in [7, 11) is 0. The first kappa shape index (κ1) is 24.9. The van der Waals surface area contributed by atoms with Gasteiger partial charge in [0.1, 0.15) is 11.4 Å². The van der Waals surface area contributed by atoms with E-state index in [1.807, 2.05) is 79.7 Å². The molecule has 0 aliphatic heterocycles. The number of amides is 1. The van der Waals surface area contributed by atoms with Crippen LogP contribution in [-0.2, 0) is 0 Å². The number of benzene rings is 2. The largest absolute Gasteiger partial charge is 0.342 e. The number of aryl methyl sites for hydroxylation is 1. The smallest absolute Gasteiger partial charge is 0.266 e. The first-order valence-corrected chi connectivity index (χ1v) is 12.8. The van der Waals surface area contributed by atoms with Gasteiger partial charge in [0.05, 0.1) is 28.3 Å². The molecule has 0 saturated carbocycles. The highest BCUT2D eigenvalue weighted by Gasteiger charge is 2.24. The predicted molar refractivity (Wildman–Crippen MR) is 154 cm³/mol. The maximum Gasteiger partial charge on any atom is 0.266 e. The van der Waals surface area contributed by atoms with Gasteiger partial charge in [0.15, 0.2) is 5.65 Å². The van der Waals surface area contributed by atoms with E-state index < -0.39 is 6.04 Å². The lowest BCUT2D eigenvalue weighted by Gasteiger charge is -2.20. The Hall–Kier alpha value is -5.44. The lowest BCUT2D eigenvalue weighted by Crippen LogP contribution is -2.33. The van der Waals surface area contributed by atoms with Crippen molar-refractivity contribution in [1.29, 1.82) is 0 Å². The molecule has 0 saturated heterocycles. The number of rotatable bonds is 6. The zero-order valence-corrected chi connectivity index (χ0v) is 21.9. The summed E-state index contributed by atoms with van der Waals surface area (Å²) in [5.41, 5.74) is 4.01. The first-order valence-electron chi connectivity index (χ1n) is 12.8. The van der Waals surface area contributed by atoms with Crippen molar-refractivity contribution < 1.29 is 4.79 Å². The SMILES string of the molecule is Cc1nn2cccnc2c1C(=O)NC(C)c1nc2cccc(/C=C/c3cccnc3)c2c(=O)n1-c1ccccc1. The fourth-order valence-corrected chi connectivity index (χ4v) is 4.79. The van der Waals surface area contributed by atoms with E-state index in [9.17, 15) is 9.59 Å². The molecule has 196 valence electrons. The minimum absolute atomic E-state index is 0.229. The Morgan fingerprint density at radius 1 is 0.975 bits per heavy atom. The maximum absolute atomic E-state index is 14.2. The summed E-state index contributed by atoms with van der Waals surface area (Å²) in [5, 5.41) is 7.90. The topological polar surface area (TPSA) is 107 Å². The van der Waals surface area contributed by atoms with Crippen LogP contribution in [0.1, 0.15) is 46.0 Å². The van der Waals surface area contributed by atoms with Crippen molar-refractivity contribution in [2.24, 2.45) is 0 Å². The van der Waals surface area contributed by atoms with Gasteiger partial charge in [-0.05, 0) is 55.3 Å². The van der Waals surface area contributed by atoms with Crippen molar-refractivity contribution in [2.45, 2.75) is 19.9 Å². The van der Waals surface area contributed by atoms with Gasteiger partial charge in [-0.3, -0.25) is 19.1 Å². The lowest BCUT2D eigenvalue weighted by molar-refractivity contribution is 0.0938. The second-order valence-corrected chi connectivity index (χ2v) is 9.35. The number of carbonyl (C=O) groups is 1. The number of para-hydroxylation sites is 1. The summed E-state index contributed by atoms with van der Waals surface area (Å²) < 4.78 is 3.14. The highest BCUT2D eigenvalue weighted by atomic mass is 16.2. The number of hydrogen-bond donors (Lipinski definition) is 1. The summed E-state index contributed by atoms with van der Waals surface area (Å²) in [6.07, 6.45) is 10.6. The van der Waals surface area contributed by atoms with E-state index in [0.29, 0.717) is 39.3 Å². The van der Waals surface area contributed by atoms with Crippen LogP contribution in [0.5, 0.6) is 0 Å². The molecule has 0 fully saturated rings. The van der Waals surface area contributed by atoms with E-state index in [0.717, 1.165) is 11.1 Å². The van der Waals surface area contributed by atoms with E-state index in [1.54, 1.807) is 46.9 Å². The second kappa shape index (κ2) is 10.4. The molecule has 0 radical (unpaired) electrons. The second-order valence-electron chi connectivity index (χ2n) is 9.35. The Labute approximate surface area is 229 Å². The van der Waals surface area contributed by atoms with Gasteiger partial charge in [0.2, 0.25) is 0 Å². The van der Waals surface area contributed by atoms with Crippen LogP contribution in [0, 0.1) is 6.92 Å². The molecule has 4 heterocycles. The fourth-order valence-electron chi connectivity index (χ4n) is 4.79. The lowest BCUT2D eigenvalue weighted by atomic mass is 10.1. The van der Waals surface area contributed by atoms with Gasteiger partial charge in [-0.1, -0.05) is 48.6 Å². The molecule has 2 aromatic carbocycles. The van der Waals surface area contributed by atoms with E-state index in [-0.39, 0.29) is 11.5 Å². The Kier molecular flexibility index (Phi) is 6.45. The predicted octanol–water partition coefficient (Wildman–Crippen LogP) is 4.79. The monoisotopic (exact) mass is 527 g/mol. The first-order chi connectivity index (χ1) is 19.5. The van der Waals surface area contributed by atoms with Crippen LogP contribution in [0.4, 0.5) is 0 Å². The molecule has 0 spiro atoms. The molecule has 6 rings (SSSR count). The standard InChI is InChI=1S/C31H25N7O2/c1-20-26(29-33-17-8-18-37(29)36-20)30(39)34-21(2)28-35-25-13-6-10-23(15-14-22-9-7-16-32-19-22)27(25)31(40)38(28)24-11-4-3-5-12-24/h3-19,21H,1-2H3,(H,34,39)/b15-14+. The van der Waals surface area contributed by atoms with Crippen molar-refractivity contribution in [3.05, 3.63) is 130 Å². The highest BCUT2D eigenvalue weighted by molar-refractivity contribution is 6.01. The van der Waals surface area contributed by atoms with Crippen molar-refractivity contribution in [2.75, 3.05) is 0 Å². The summed E-state index contributed by atoms with van der Waals surface area (Å²) in [4.78, 5) is 41.0. The Morgan fingerprint density at radius 3 is 2.62 bits per heavy atom. The molecule has 0 aliphatic rings. The van der Waals surface area contributed by atoms with Crippen molar-refractivity contribution >= 4 is 34.6 Å². The molecule has 9 heteroatoms. The minimum Gasteiger partial charge on any atom is -0.342 e. The zero-order valence-electron chi connectivity index (χ0n) is 21.9. The van der Waals surface area contributed by atoms with Gasteiger partial charge in [0.25, 0.3) is 11.5 Å². The van der Waals surface area contributed by atoms with E-state index in [2.05, 4.69) is 20.4 Å². The van der Waals surface area contributed by atoms with Crippen LogP contribution in [0.3, 0.4) is 0 Å². The molecule has 4 aromatic heterocycles. The number of aromatic nitrogens is 6. The third-order valence-electron chi connectivity index (χ3n) is 6.64. The molecule has 1 unspecified atom stereocenters. The molecule has 1 amide bonds. The van der Waals surface area contributed by atoms with Gasteiger partial charge in [-0.25, -0.2) is 14.5 Å². The zero-order chi connectivity index (χ0) is 27.6. The third kappa shape index (κ3) is 4.54. The molecule has 1 atom stereocenters. The quantitative estimate of drug-likeness (QED) is 0.334. The van der Waals surface area contributed by atoms with Gasteiger partial charge >= 0.3 is 0 Å². The molecule has 40 heavy (non-hydrogen) atoms. The summed E-state index contributed by atoms with van der Waals surface area (Å²) >= 11 is 0. The van der Waals surface area contributed by atoms with Gasteiger partial charge in [-0.15, -0.1) is 0 Å². The third-order valence-corrected chi connectivity index (χ3v) is 6.64. The normalized spacial score (nSPS) is 12.2. The van der Waals surface area contributed by atoms with Crippen LogP contribution >= 0.6 is 0 Å². The number of pyridine rings is 1. The van der Waals surface area contributed by atoms with Crippen LogP contribution < -0.4 is 10.9 Å². The van der Waals surface area contributed by atoms with Crippen LogP contribution in [-0.4, -0.2) is 35.0 Å². The van der Waals surface area contributed by atoms with Crippen molar-refractivity contribution in [3.8, 4) is 5.69 Å². The Bertz CT molecular complexity index is 1940. The maximum atomic E-state index is 14.2. The number of nitrogens with zero attached hydrogens (tertiary/aromatic N) is 6. The van der Waals surface area contributed by atoms with Crippen LogP contribution in [0.15, 0.2) is 96.3 Å². The fraction of sp³-hybridized carbons (Fsp3) is 0.0968. The molecular formula is C31H25N7O2. The number of fused-ring (bicyclic) bond motifs is 2.